The number of fused-ring (bicyclic) bond motifs is 1. The maximum Gasteiger partial charge on any atom is 0.323 e. The predicted molar refractivity (Wildman–Crippen MR) is 71.8 cm³/mol. The topological polar surface area (TPSA) is 98.0 Å². The van der Waals surface area contributed by atoms with Gasteiger partial charge in [0.25, 0.3) is 0 Å². The highest BCUT2D eigenvalue weighted by Gasteiger charge is 2.10. The molecular weight excluding hydrogens is 246 g/mol. The minimum absolute atomic E-state index is 0.0122. The molecule has 1 aromatic heterocycles. The van der Waals surface area contributed by atoms with Gasteiger partial charge in [-0.1, -0.05) is 6.07 Å². The number of H-pyrrole nitrogens is 2. The van der Waals surface area contributed by atoms with E-state index < -0.39 is 0 Å². The summed E-state index contributed by atoms with van der Waals surface area (Å²) >= 11 is 0. The van der Waals surface area contributed by atoms with Crippen LogP contribution in [-0.4, -0.2) is 27.6 Å². The minimum Gasteiger partial charge on any atom is -0.396 e. The highest BCUT2D eigenvalue weighted by atomic mass is 16.3. The van der Waals surface area contributed by atoms with Gasteiger partial charge < -0.3 is 20.4 Å². The van der Waals surface area contributed by atoms with Gasteiger partial charge in [-0.05, 0) is 31.0 Å². The molecule has 19 heavy (non-hydrogen) atoms. The van der Waals surface area contributed by atoms with Crippen LogP contribution in [-0.2, 0) is 4.79 Å². The first-order valence-corrected chi connectivity index (χ1v) is 6.22. The van der Waals surface area contributed by atoms with Crippen LogP contribution >= 0.6 is 0 Å². The zero-order chi connectivity index (χ0) is 13.8. The maximum absolute atomic E-state index is 11.6. The van der Waals surface area contributed by atoms with Crippen molar-refractivity contribution < 1.29 is 9.90 Å². The standard InChI is InChI=1S/C13H17N3O3/c1-8(14-12(18)3-2-6-17)9-4-5-10-11(7-9)16-13(19)15-10/h4-5,7-8,17H,2-3,6H2,1H3,(H,14,18)(H2,15,16,19). The molecule has 1 heterocycles. The smallest absolute Gasteiger partial charge is 0.323 e. The van der Waals surface area contributed by atoms with Crippen LogP contribution in [0.15, 0.2) is 23.0 Å². The van der Waals surface area contributed by atoms with Crippen molar-refractivity contribution in [3.05, 3.63) is 34.2 Å². The summed E-state index contributed by atoms with van der Waals surface area (Å²) in [6, 6.07) is 5.36. The summed E-state index contributed by atoms with van der Waals surface area (Å²) in [6.45, 7) is 1.89. The number of nitrogens with one attached hydrogen (secondary N) is 3. The van der Waals surface area contributed by atoms with E-state index in [1.165, 1.54) is 0 Å². The second-order valence-electron chi connectivity index (χ2n) is 4.50. The Labute approximate surface area is 109 Å². The van der Waals surface area contributed by atoms with E-state index >= 15 is 0 Å². The molecule has 1 atom stereocenters. The van der Waals surface area contributed by atoms with E-state index in [0.29, 0.717) is 12.8 Å². The van der Waals surface area contributed by atoms with E-state index in [9.17, 15) is 9.59 Å². The minimum atomic E-state index is -0.244. The number of aromatic amines is 2. The van der Waals surface area contributed by atoms with Crippen molar-refractivity contribution in [2.24, 2.45) is 0 Å². The van der Waals surface area contributed by atoms with E-state index in [-0.39, 0.29) is 24.2 Å². The van der Waals surface area contributed by atoms with Crippen LogP contribution in [0.4, 0.5) is 0 Å². The molecule has 102 valence electrons. The Hall–Kier alpha value is -2.08. The van der Waals surface area contributed by atoms with Crippen molar-refractivity contribution >= 4 is 16.9 Å². The van der Waals surface area contributed by atoms with E-state index in [4.69, 9.17) is 5.11 Å². The fourth-order valence-electron chi connectivity index (χ4n) is 1.96. The quantitative estimate of drug-likeness (QED) is 0.642. The number of carbonyl (C=O) groups is 1. The third kappa shape index (κ3) is 3.23. The van der Waals surface area contributed by atoms with Crippen LogP contribution < -0.4 is 11.0 Å². The average Bonchev–Trinajstić information content (AvgIpc) is 2.75. The van der Waals surface area contributed by atoms with Gasteiger partial charge >= 0.3 is 5.69 Å². The summed E-state index contributed by atoms with van der Waals surface area (Å²) in [5.41, 5.74) is 2.14. The molecule has 4 N–H and O–H groups in total. The summed E-state index contributed by atoms with van der Waals surface area (Å²) in [5, 5.41) is 11.5. The number of aromatic nitrogens is 2. The van der Waals surface area contributed by atoms with Crippen molar-refractivity contribution in [3.8, 4) is 0 Å². The molecule has 1 unspecified atom stereocenters. The molecule has 0 fully saturated rings. The Kier molecular flexibility index (Phi) is 4.01. The third-order valence-electron chi connectivity index (χ3n) is 2.98. The highest BCUT2D eigenvalue weighted by molar-refractivity contribution is 5.77. The molecule has 2 rings (SSSR count). The highest BCUT2D eigenvalue weighted by Crippen LogP contribution is 2.17. The van der Waals surface area contributed by atoms with E-state index in [1.807, 2.05) is 19.1 Å². The monoisotopic (exact) mass is 263 g/mol. The molecule has 0 bridgehead atoms. The molecule has 0 aliphatic heterocycles. The summed E-state index contributed by atoms with van der Waals surface area (Å²) in [4.78, 5) is 28.1. The number of benzene rings is 1. The zero-order valence-corrected chi connectivity index (χ0v) is 10.7. The molecule has 1 aromatic carbocycles. The normalized spacial score (nSPS) is 12.5. The van der Waals surface area contributed by atoms with Gasteiger partial charge in [0.15, 0.2) is 0 Å². The number of carbonyl (C=O) groups excluding carboxylic acids is 1. The molecule has 1 amide bonds. The van der Waals surface area contributed by atoms with E-state index in [0.717, 1.165) is 16.6 Å². The lowest BCUT2D eigenvalue weighted by atomic mass is 10.1. The number of amides is 1. The average molecular weight is 263 g/mol. The number of imidazole rings is 1. The van der Waals surface area contributed by atoms with Crippen LogP contribution in [0.2, 0.25) is 0 Å². The van der Waals surface area contributed by atoms with Gasteiger partial charge in [-0.2, -0.15) is 0 Å². The predicted octanol–water partition coefficient (Wildman–Crippen LogP) is 0.806. The lowest BCUT2D eigenvalue weighted by Gasteiger charge is -2.14. The molecule has 0 aliphatic rings. The largest absolute Gasteiger partial charge is 0.396 e. The molecule has 6 heteroatoms. The number of aliphatic hydroxyl groups excluding tert-OH is 1. The first-order valence-electron chi connectivity index (χ1n) is 6.22. The summed E-state index contributed by atoms with van der Waals surface area (Å²) < 4.78 is 0. The second-order valence-corrected chi connectivity index (χ2v) is 4.50. The number of aliphatic hydroxyl groups is 1. The van der Waals surface area contributed by atoms with Crippen LogP contribution in [0, 0.1) is 0 Å². The number of rotatable bonds is 5. The molecule has 0 radical (unpaired) electrons. The van der Waals surface area contributed by atoms with Crippen LogP contribution in [0.25, 0.3) is 11.0 Å². The van der Waals surface area contributed by atoms with E-state index in [1.54, 1.807) is 6.07 Å². The van der Waals surface area contributed by atoms with Crippen molar-refractivity contribution in [1.82, 2.24) is 15.3 Å². The first-order chi connectivity index (χ1) is 9.10. The second kappa shape index (κ2) is 5.71. The van der Waals surface area contributed by atoms with Gasteiger partial charge in [0, 0.05) is 13.0 Å². The molecular formula is C13H17N3O3. The molecule has 6 nitrogen and oxygen atoms in total. The first kappa shape index (κ1) is 13.4. The van der Waals surface area contributed by atoms with Gasteiger partial charge in [-0.3, -0.25) is 4.79 Å². The Morgan fingerprint density at radius 3 is 2.84 bits per heavy atom. The van der Waals surface area contributed by atoms with Crippen molar-refractivity contribution in [1.29, 1.82) is 0 Å². The lowest BCUT2D eigenvalue weighted by Crippen LogP contribution is -2.26. The Bertz CT molecular complexity index is 629. The Morgan fingerprint density at radius 1 is 1.37 bits per heavy atom. The van der Waals surface area contributed by atoms with Crippen LogP contribution in [0.3, 0.4) is 0 Å². The summed E-state index contributed by atoms with van der Waals surface area (Å²) in [7, 11) is 0. The fourth-order valence-corrected chi connectivity index (χ4v) is 1.96. The SMILES string of the molecule is CC(NC(=O)CCCO)c1ccc2[nH]c(=O)[nH]c2c1. The van der Waals surface area contributed by atoms with Gasteiger partial charge in [0.05, 0.1) is 17.1 Å². The molecule has 0 saturated heterocycles. The summed E-state index contributed by atoms with van der Waals surface area (Å²) in [5.74, 6) is -0.0933. The molecule has 0 aliphatic carbocycles. The van der Waals surface area contributed by atoms with Crippen LogP contribution in [0.1, 0.15) is 31.4 Å². The van der Waals surface area contributed by atoms with Gasteiger partial charge in [-0.25, -0.2) is 4.79 Å². The maximum atomic E-state index is 11.6. The molecule has 2 aromatic rings. The van der Waals surface area contributed by atoms with Gasteiger partial charge in [0.1, 0.15) is 0 Å². The number of hydrogen-bond acceptors (Lipinski definition) is 3. The fraction of sp³-hybridized carbons (Fsp3) is 0.385. The van der Waals surface area contributed by atoms with Gasteiger partial charge in [0.2, 0.25) is 5.91 Å². The summed E-state index contributed by atoms with van der Waals surface area (Å²) in [6.07, 6.45) is 0.771. The zero-order valence-electron chi connectivity index (χ0n) is 10.7. The lowest BCUT2D eigenvalue weighted by molar-refractivity contribution is -0.122. The van der Waals surface area contributed by atoms with Gasteiger partial charge in [-0.15, -0.1) is 0 Å². The Balaban J connectivity index is 2.10. The van der Waals surface area contributed by atoms with Crippen LogP contribution in [0.5, 0.6) is 0 Å². The molecule has 0 spiro atoms. The Morgan fingerprint density at radius 2 is 2.11 bits per heavy atom. The van der Waals surface area contributed by atoms with E-state index in [2.05, 4.69) is 15.3 Å². The number of hydrogen-bond donors (Lipinski definition) is 4. The third-order valence-corrected chi connectivity index (χ3v) is 2.98. The molecule has 0 saturated carbocycles. The van der Waals surface area contributed by atoms with Crippen molar-refractivity contribution in [2.45, 2.75) is 25.8 Å². The van der Waals surface area contributed by atoms with Crippen molar-refractivity contribution in [3.63, 3.8) is 0 Å². The van der Waals surface area contributed by atoms with Crippen molar-refractivity contribution in [2.75, 3.05) is 6.61 Å².